The second kappa shape index (κ2) is 6.88. The third-order valence-electron chi connectivity index (χ3n) is 2.99. The van der Waals surface area contributed by atoms with Crippen LogP contribution in [-0.2, 0) is 9.53 Å². The van der Waals surface area contributed by atoms with Gasteiger partial charge in [-0.05, 0) is 25.5 Å². The van der Waals surface area contributed by atoms with E-state index in [0.717, 1.165) is 6.42 Å². The lowest BCUT2D eigenvalue weighted by atomic mass is 10.3. The van der Waals surface area contributed by atoms with Crippen LogP contribution in [0, 0.1) is 0 Å². The van der Waals surface area contributed by atoms with Crippen molar-refractivity contribution in [2.75, 3.05) is 19.7 Å². The fraction of sp³-hybridized carbons (Fsp3) is 0.400. The highest BCUT2D eigenvalue weighted by molar-refractivity contribution is 5.94. The number of aromatic nitrogens is 2. The minimum absolute atomic E-state index is 0.0472. The molecule has 0 saturated carbocycles. The van der Waals surface area contributed by atoms with Gasteiger partial charge < -0.3 is 14.0 Å². The number of hydrogen-bond acceptors (Lipinski definition) is 4. The number of amides is 1. The molecule has 1 amide bonds. The molecule has 0 spiro atoms. The van der Waals surface area contributed by atoms with Crippen LogP contribution >= 0.6 is 0 Å². The fourth-order valence-electron chi connectivity index (χ4n) is 2.08. The average Bonchev–Trinajstić information content (AvgIpc) is 2.90. The monoisotopic (exact) mass is 289 g/mol. The van der Waals surface area contributed by atoms with Gasteiger partial charge in [-0.2, -0.15) is 0 Å². The van der Waals surface area contributed by atoms with E-state index in [-0.39, 0.29) is 12.5 Å². The quantitative estimate of drug-likeness (QED) is 0.760. The van der Waals surface area contributed by atoms with Gasteiger partial charge >= 0.3 is 5.97 Å². The van der Waals surface area contributed by atoms with Crippen LogP contribution in [0.15, 0.2) is 30.6 Å². The van der Waals surface area contributed by atoms with Crippen molar-refractivity contribution >= 4 is 17.5 Å². The van der Waals surface area contributed by atoms with Crippen LogP contribution in [0.1, 0.15) is 30.8 Å². The standard InChI is InChI=1S/C15H19N3O3/c1-3-8-18(11-14(19)21-4-2)15(20)12-10-17-9-6-5-7-13(17)16-12/h5-7,9-10H,3-4,8,11H2,1-2H3. The zero-order valence-corrected chi connectivity index (χ0v) is 12.3. The Bertz CT molecular complexity index is 603. The highest BCUT2D eigenvalue weighted by atomic mass is 16.5. The molecule has 6 heteroatoms. The van der Waals surface area contributed by atoms with E-state index in [1.807, 2.05) is 31.3 Å². The van der Waals surface area contributed by atoms with Gasteiger partial charge in [0.2, 0.25) is 0 Å². The molecule has 112 valence electrons. The first-order valence-electron chi connectivity index (χ1n) is 7.04. The predicted octanol–water partition coefficient (Wildman–Crippen LogP) is 1.75. The van der Waals surface area contributed by atoms with Gasteiger partial charge in [0.25, 0.3) is 5.91 Å². The third-order valence-corrected chi connectivity index (χ3v) is 2.99. The Morgan fingerprint density at radius 1 is 1.33 bits per heavy atom. The number of esters is 1. The Balaban J connectivity index is 2.18. The molecule has 0 atom stereocenters. The maximum atomic E-state index is 12.5. The molecule has 0 aliphatic heterocycles. The molecule has 0 fully saturated rings. The van der Waals surface area contributed by atoms with Crippen molar-refractivity contribution in [1.82, 2.24) is 14.3 Å². The topological polar surface area (TPSA) is 63.9 Å². The average molecular weight is 289 g/mol. The number of rotatable bonds is 6. The largest absolute Gasteiger partial charge is 0.465 e. The molecule has 0 saturated heterocycles. The van der Waals surface area contributed by atoms with E-state index in [4.69, 9.17) is 4.74 Å². The van der Waals surface area contributed by atoms with Crippen molar-refractivity contribution in [3.8, 4) is 0 Å². The van der Waals surface area contributed by atoms with E-state index in [1.54, 1.807) is 17.5 Å². The first kappa shape index (κ1) is 15.0. The Hall–Kier alpha value is -2.37. The van der Waals surface area contributed by atoms with Crippen LogP contribution in [0.25, 0.3) is 5.65 Å². The lowest BCUT2D eigenvalue weighted by Gasteiger charge is -2.19. The minimum Gasteiger partial charge on any atom is -0.465 e. The molecule has 2 aromatic rings. The number of pyridine rings is 1. The lowest BCUT2D eigenvalue weighted by Crippen LogP contribution is -2.37. The molecule has 2 aromatic heterocycles. The molecule has 0 radical (unpaired) electrons. The van der Waals surface area contributed by atoms with Gasteiger partial charge in [-0.15, -0.1) is 0 Å². The van der Waals surface area contributed by atoms with Crippen molar-refractivity contribution in [1.29, 1.82) is 0 Å². The van der Waals surface area contributed by atoms with Crippen LogP contribution in [-0.4, -0.2) is 45.9 Å². The number of fused-ring (bicyclic) bond motifs is 1. The first-order chi connectivity index (χ1) is 10.2. The van der Waals surface area contributed by atoms with Gasteiger partial charge in [-0.1, -0.05) is 13.0 Å². The highest BCUT2D eigenvalue weighted by Crippen LogP contribution is 2.08. The summed E-state index contributed by atoms with van der Waals surface area (Å²) in [4.78, 5) is 29.8. The van der Waals surface area contributed by atoms with Crippen molar-refractivity contribution in [2.24, 2.45) is 0 Å². The van der Waals surface area contributed by atoms with Crippen molar-refractivity contribution in [3.63, 3.8) is 0 Å². The Morgan fingerprint density at radius 3 is 2.81 bits per heavy atom. The summed E-state index contributed by atoms with van der Waals surface area (Å²) in [5.41, 5.74) is 1.03. The van der Waals surface area contributed by atoms with E-state index in [1.165, 1.54) is 4.90 Å². The SMILES string of the molecule is CCCN(CC(=O)OCC)C(=O)c1cn2ccccc2n1. The van der Waals surface area contributed by atoms with Crippen molar-refractivity contribution in [2.45, 2.75) is 20.3 Å². The van der Waals surface area contributed by atoms with E-state index in [9.17, 15) is 9.59 Å². The lowest BCUT2D eigenvalue weighted by molar-refractivity contribution is -0.143. The second-order valence-electron chi connectivity index (χ2n) is 4.62. The number of carbonyl (C=O) groups is 2. The number of nitrogens with zero attached hydrogens (tertiary/aromatic N) is 3. The molecular weight excluding hydrogens is 270 g/mol. The number of carbonyl (C=O) groups excluding carboxylic acids is 2. The summed E-state index contributed by atoms with van der Waals surface area (Å²) in [5.74, 6) is -0.656. The molecule has 21 heavy (non-hydrogen) atoms. The molecular formula is C15H19N3O3. The van der Waals surface area contributed by atoms with E-state index in [2.05, 4.69) is 4.98 Å². The van der Waals surface area contributed by atoms with Gasteiger partial charge in [0.05, 0.1) is 6.61 Å². The summed E-state index contributed by atoms with van der Waals surface area (Å²) < 4.78 is 6.68. The summed E-state index contributed by atoms with van der Waals surface area (Å²) in [7, 11) is 0. The van der Waals surface area contributed by atoms with Gasteiger partial charge in [0.15, 0.2) is 0 Å². The van der Waals surface area contributed by atoms with Crippen LogP contribution in [0.5, 0.6) is 0 Å². The van der Waals surface area contributed by atoms with Crippen LogP contribution in [0.4, 0.5) is 0 Å². The third kappa shape index (κ3) is 3.59. The van der Waals surface area contributed by atoms with Gasteiger partial charge in [0, 0.05) is 18.9 Å². The highest BCUT2D eigenvalue weighted by Gasteiger charge is 2.21. The summed E-state index contributed by atoms with van der Waals surface area (Å²) in [5, 5.41) is 0. The molecule has 0 aliphatic rings. The van der Waals surface area contributed by atoms with Crippen LogP contribution in [0.3, 0.4) is 0 Å². The molecule has 0 unspecified atom stereocenters. The molecule has 6 nitrogen and oxygen atoms in total. The normalized spacial score (nSPS) is 10.6. The number of ether oxygens (including phenoxy) is 1. The zero-order chi connectivity index (χ0) is 15.2. The summed E-state index contributed by atoms with van der Waals surface area (Å²) in [6, 6.07) is 5.55. The Morgan fingerprint density at radius 2 is 2.14 bits per heavy atom. The number of imidazole rings is 1. The van der Waals surface area contributed by atoms with Crippen LogP contribution < -0.4 is 0 Å². The van der Waals surface area contributed by atoms with Gasteiger partial charge in [-0.25, -0.2) is 4.98 Å². The predicted molar refractivity (Wildman–Crippen MR) is 78.0 cm³/mol. The van der Waals surface area contributed by atoms with E-state index < -0.39 is 5.97 Å². The number of hydrogen-bond donors (Lipinski definition) is 0. The van der Waals surface area contributed by atoms with Gasteiger partial charge in [0.1, 0.15) is 17.9 Å². The summed E-state index contributed by atoms with van der Waals surface area (Å²) >= 11 is 0. The summed E-state index contributed by atoms with van der Waals surface area (Å²) in [6.07, 6.45) is 4.26. The zero-order valence-electron chi connectivity index (χ0n) is 12.3. The maximum absolute atomic E-state index is 12.5. The Kier molecular flexibility index (Phi) is 4.92. The fourth-order valence-corrected chi connectivity index (χ4v) is 2.08. The van der Waals surface area contributed by atoms with Gasteiger partial charge in [-0.3, -0.25) is 9.59 Å². The molecule has 2 heterocycles. The van der Waals surface area contributed by atoms with Crippen LogP contribution in [0.2, 0.25) is 0 Å². The molecule has 0 aromatic carbocycles. The maximum Gasteiger partial charge on any atom is 0.325 e. The molecule has 0 bridgehead atoms. The van der Waals surface area contributed by atoms with E-state index >= 15 is 0 Å². The summed E-state index contributed by atoms with van der Waals surface area (Å²) in [6.45, 7) is 4.45. The van der Waals surface area contributed by atoms with Crippen molar-refractivity contribution < 1.29 is 14.3 Å². The van der Waals surface area contributed by atoms with E-state index in [0.29, 0.717) is 24.5 Å². The smallest absolute Gasteiger partial charge is 0.325 e. The first-order valence-corrected chi connectivity index (χ1v) is 7.04. The second-order valence-corrected chi connectivity index (χ2v) is 4.62. The Labute approximate surface area is 123 Å². The molecule has 2 rings (SSSR count). The molecule has 0 aliphatic carbocycles. The minimum atomic E-state index is -0.400. The van der Waals surface area contributed by atoms with Crippen molar-refractivity contribution in [3.05, 3.63) is 36.3 Å². The molecule has 0 N–H and O–H groups in total.